The van der Waals surface area contributed by atoms with Crippen molar-refractivity contribution in [2.24, 2.45) is 0 Å². The second kappa shape index (κ2) is 8.80. The first kappa shape index (κ1) is 14.5. The van der Waals surface area contributed by atoms with Gasteiger partial charge in [0.05, 0.1) is 6.61 Å². The molecule has 0 unspecified atom stereocenters. The van der Waals surface area contributed by atoms with Crippen LogP contribution in [0.25, 0.3) is 0 Å². The van der Waals surface area contributed by atoms with E-state index in [1.165, 1.54) is 19.3 Å². The first-order valence-corrected chi connectivity index (χ1v) is 6.65. The molecule has 0 atom stereocenters. The van der Waals surface area contributed by atoms with E-state index < -0.39 is 0 Å². The summed E-state index contributed by atoms with van der Waals surface area (Å²) in [5, 5.41) is 18.5. The van der Waals surface area contributed by atoms with Gasteiger partial charge < -0.3 is 5.11 Å². The van der Waals surface area contributed by atoms with Crippen molar-refractivity contribution in [3.63, 3.8) is 0 Å². The molecule has 2 rings (SSSR count). The van der Waals surface area contributed by atoms with Gasteiger partial charge in [-0.15, -0.1) is 10.2 Å². The van der Waals surface area contributed by atoms with E-state index in [4.69, 9.17) is 5.11 Å². The quantitative estimate of drug-likeness (QED) is 0.847. The van der Waals surface area contributed by atoms with Gasteiger partial charge in [-0.05, 0) is 12.8 Å². The lowest BCUT2D eigenvalue weighted by Crippen LogP contribution is -2.07. The predicted molar refractivity (Wildman–Crippen MR) is 65.1 cm³/mol. The van der Waals surface area contributed by atoms with Gasteiger partial charge in [-0.3, -0.25) is 0 Å². The molecular formula is C11H22N2OS. The van der Waals surface area contributed by atoms with Crippen molar-refractivity contribution in [3.8, 4) is 0 Å². The lowest BCUT2D eigenvalue weighted by molar-refractivity contribution is 0.280. The zero-order chi connectivity index (χ0) is 11.7. The normalized spacial score (nSPS) is 14.2. The van der Waals surface area contributed by atoms with Gasteiger partial charge in [-0.25, -0.2) is 0 Å². The maximum Gasteiger partial charge on any atom is 0.143 e. The number of aromatic nitrogens is 2. The smallest absolute Gasteiger partial charge is 0.143 e. The Kier molecular flexibility index (Phi) is 8.52. The molecule has 1 heterocycles. The lowest BCUT2D eigenvalue weighted by Gasteiger charge is -2.21. The molecule has 4 heteroatoms. The average Bonchev–Trinajstić information content (AvgIpc) is 2.70. The first-order valence-electron chi connectivity index (χ1n) is 5.83. The third kappa shape index (κ3) is 4.26. The molecule has 1 N–H and O–H groups in total. The number of rotatable bonds is 2. The van der Waals surface area contributed by atoms with Gasteiger partial charge in [0, 0.05) is 5.92 Å². The molecule has 1 aromatic rings. The highest BCUT2D eigenvalue weighted by molar-refractivity contribution is 7.11. The molecule has 0 saturated heterocycles. The Bertz CT molecular complexity index is 246. The molecule has 15 heavy (non-hydrogen) atoms. The monoisotopic (exact) mass is 230 g/mol. The topological polar surface area (TPSA) is 46.0 Å². The molecule has 0 bridgehead atoms. The zero-order valence-electron chi connectivity index (χ0n) is 10.2. The molecule has 0 spiro atoms. The highest BCUT2D eigenvalue weighted by Crippen LogP contribution is 2.37. The van der Waals surface area contributed by atoms with Gasteiger partial charge in [0.25, 0.3) is 0 Å². The minimum absolute atomic E-state index is 0.0321. The Morgan fingerprint density at radius 1 is 1.20 bits per heavy atom. The molecule has 1 saturated carbocycles. The second-order valence-corrected chi connectivity index (χ2v) is 3.91. The van der Waals surface area contributed by atoms with Crippen LogP contribution in [0.2, 0.25) is 0 Å². The molecule has 1 aliphatic carbocycles. The number of aliphatic hydroxyl groups is 1. The van der Waals surface area contributed by atoms with E-state index in [9.17, 15) is 0 Å². The minimum Gasteiger partial charge on any atom is -0.389 e. The summed E-state index contributed by atoms with van der Waals surface area (Å²) in [6, 6.07) is 0. The van der Waals surface area contributed by atoms with Gasteiger partial charge in [0.15, 0.2) is 0 Å². The van der Waals surface area contributed by atoms with Gasteiger partial charge in [0.2, 0.25) is 0 Å². The van der Waals surface area contributed by atoms with Gasteiger partial charge >= 0.3 is 0 Å². The molecule has 0 radical (unpaired) electrons. The van der Waals surface area contributed by atoms with Crippen molar-refractivity contribution in [1.29, 1.82) is 0 Å². The highest BCUT2D eigenvalue weighted by atomic mass is 32.1. The maximum atomic E-state index is 8.73. The molecule has 88 valence electrons. The molecule has 0 aliphatic heterocycles. The van der Waals surface area contributed by atoms with E-state index in [0.29, 0.717) is 5.92 Å². The van der Waals surface area contributed by atoms with Crippen molar-refractivity contribution < 1.29 is 5.11 Å². The third-order valence-electron chi connectivity index (χ3n) is 2.07. The summed E-state index contributed by atoms with van der Waals surface area (Å²) in [4.78, 5) is 0. The molecule has 1 fully saturated rings. The van der Waals surface area contributed by atoms with Gasteiger partial charge in [-0.1, -0.05) is 45.5 Å². The van der Waals surface area contributed by atoms with Crippen LogP contribution in [-0.2, 0) is 6.61 Å². The molecule has 1 aliphatic rings. The standard InChI is InChI=1S/C7H10N2OS.2C2H6/c10-4-6-8-9-7(11-6)5-2-1-3-5;2*1-2/h5,10H,1-4H2;2*1-2H3. The summed E-state index contributed by atoms with van der Waals surface area (Å²) in [5.74, 6) is 0.646. The fourth-order valence-electron chi connectivity index (χ4n) is 1.15. The van der Waals surface area contributed by atoms with Crippen LogP contribution in [-0.4, -0.2) is 15.3 Å². The fraction of sp³-hybridized carbons (Fsp3) is 0.818. The van der Waals surface area contributed by atoms with Crippen LogP contribution in [0.15, 0.2) is 0 Å². The molecule has 3 nitrogen and oxygen atoms in total. The summed E-state index contributed by atoms with van der Waals surface area (Å²) in [6.45, 7) is 8.03. The highest BCUT2D eigenvalue weighted by Gasteiger charge is 2.22. The van der Waals surface area contributed by atoms with Crippen LogP contribution in [0.4, 0.5) is 0 Å². The Hall–Kier alpha value is -0.480. The van der Waals surface area contributed by atoms with Crippen LogP contribution >= 0.6 is 11.3 Å². The summed E-state index contributed by atoms with van der Waals surface area (Å²) in [7, 11) is 0. The second-order valence-electron chi connectivity index (χ2n) is 2.82. The van der Waals surface area contributed by atoms with Crippen LogP contribution in [0.1, 0.15) is 62.9 Å². The SMILES string of the molecule is CC.CC.OCc1nnc(C2CCC2)s1. The lowest BCUT2D eigenvalue weighted by atomic mass is 9.86. The number of hydrogen-bond acceptors (Lipinski definition) is 4. The van der Waals surface area contributed by atoms with Crippen molar-refractivity contribution in [2.75, 3.05) is 0 Å². The predicted octanol–water partition coefficient (Wildman–Crippen LogP) is 3.35. The molecule has 0 aromatic carbocycles. The van der Waals surface area contributed by atoms with E-state index in [1.54, 1.807) is 11.3 Å². The summed E-state index contributed by atoms with van der Waals surface area (Å²) >= 11 is 1.54. The van der Waals surface area contributed by atoms with E-state index in [-0.39, 0.29) is 6.61 Å². The number of nitrogens with zero attached hydrogens (tertiary/aromatic N) is 2. The van der Waals surface area contributed by atoms with Gasteiger partial charge in [-0.2, -0.15) is 0 Å². The van der Waals surface area contributed by atoms with E-state index in [1.807, 2.05) is 27.7 Å². The minimum atomic E-state index is 0.0321. The van der Waals surface area contributed by atoms with Crippen molar-refractivity contribution >= 4 is 11.3 Å². The fourth-order valence-corrected chi connectivity index (χ4v) is 2.02. The molecular weight excluding hydrogens is 208 g/mol. The van der Waals surface area contributed by atoms with Crippen molar-refractivity contribution in [3.05, 3.63) is 10.0 Å². The Labute approximate surface area is 96.6 Å². The van der Waals surface area contributed by atoms with E-state index >= 15 is 0 Å². The Morgan fingerprint density at radius 2 is 1.80 bits per heavy atom. The van der Waals surface area contributed by atoms with Crippen molar-refractivity contribution in [1.82, 2.24) is 10.2 Å². The van der Waals surface area contributed by atoms with Gasteiger partial charge in [0.1, 0.15) is 10.0 Å². The van der Waals surface area contributed by atoms with Crippen LogP contribution in [0.5, 0.6) is 0 Å². The summed E-state index contributed by atoms with van der Waals surface area (Å²) in [5.41, 5.74) is 0. The Balaban J connectivity index is 0.000000442. The third-order valence-corrected chi connectivity index (χ3v) is 3.14. The van der Waals surface area contributed by atoms with Crippen LogP contribution in [0.3, 0.4) is 0 Å². The number of aliphatic hydroxyl groups excluding tert-OH is 1. The average molecular weight is 230 g/mol. The van der Waals surface area contributed by atoms with E-state index in [0.717, 1.165) is 10.0 Å². The largest absolute Gasteiger partial charge is 0.389 e. The summed E-state index contributed by atoms with van der Waals surface area (Å²) < 4.78 is 0. The van der Waals surface area contributed by atoms with Crippen LogP contribution < -0.4 is 0 Å². The van der Waals surface area contributed by atoms with E-state index in [2.05, 4.69) is 10.2 Å². The summed E-state index contributed by atoms with van der Waals surface area (Å²) in [6.07, 6.45) is 3.82. The Morgan fingerprint density at radius 3 is 2.13 bits per heavy atom. The van der Waals surface area contributed by atoms with Crippen LogP contribution in [0, 0.1) is 0 Å². The maximum absolute atomic E-state index is 8.73. The first-order chi connectivity index (χ1) is 7.40. The zero-order valence-corrected chi connectivity index (χ0v) is 11.0. The molecule has 1 aromatic heterocycles. The number of hydrogen-bond donors (Lipinski definition) is 1. The van der Waals surface area contributed by atoms with Crippen molar-refractivity contribution in [2.45, 2.75) is 59.5 Å². The molecule has 0 amide bonds.